The van der Waals surface area contributed by atoms with Gasteiger partial charge in [-0.2, -0.15) is 0 Å². The van der Waals surface area contributed by atoms with E-state index in [0.29, 0.717) is 26.1 Å². The second kappa shape index (κ2) is 7.61. The minimum Gasteiger partial charge on any atom is -0.385 e. The lowest BCUT2D eigenvalue weighted by Gasteiger charge is -2.38. The first kappa shape index (κ1) is 18.6. The molecule has 2 aliphatic rings. The fraction of sp³-hybridized carbons (Fsp3) is 0.632. The third kappa shape index (κ3) is 3.82. The molecule has 7 heteroatoms. The highest BCUT2D eigenvalue weighted by molar-refractivity contribution is 5.94. The number of carbonyl (C=O) groups is 2. The zero-order valence-corrected chi connectivity index (χ0v) is 15.5. The minimum absolute atomic E-state index is 0.0272. The summed E-state index contributed by atoms with van der Waals surface area (Å²) in [4.78, 5) is 43.3. The summed E-state index contributed by atoms with van der Waals surface area (Å²) in [5, 5.41) is 0. The van der Waals surface area contributed by atoms with Crippen LogP contribution in [0.5, 0.6) is 0 Å². The van der Waals surface area contributed by atoms with Crippen LogP contribution in [-0.2, 0) is 9.53 Å². The van der Waals surface area contributed by atoms with Crippen molar-refractivity contribution in [2.45, 2.75) is 32.6 Å². The topological polar surface area (TPSA) is 82.7 Å². The molecule has 26 heavy (non-hydrogen) atoms. The molecule has 0 radical (unpaired) electrons. The van der Waals surface area contributed by atoms with Crippen LogP contribution in [0, 0.1) is 12.3 Å². The fourth-order valence-electron chi connectivity index (χ4n) is 4.01. The molecule has 2 saturated heterocycles. The highest BCUT2D eigenvalue weighted by Gasteiger charge is 2.45. The second-order valence-electron chi connectivity index (χ2n) is 7.51. The fourth-order valence-corrected chi connectivity index (χ4v) is 4.01. The van der Waals surface area contributed by atoms with Crippen LogP contribution in [0.4, 0.5) is 0 Å². The SMILES string of the molecule is COCCCN1CC2(CCN(C(=O)c3ccc(C)[nH]c3=O)CC2)CC1=O. The third-order valence-corrected chi connectivity index (χ3v) is 5.58. The summed E-state index contributed by atoms with van der Waals surface area (Å²) in [6.07, 6.45) is 3.01. The number of aryl methyl sites for hydroxylation is 1. The van der Waals surface area contributed by atoms with E-state index >= 15 is 0 Å². The number of hydrogen-bond acceptors (Lipinski definition) is 4. The van der Waals surface area contributed by atoms with Gasteiger partial charge in [0.1, 0.15) is 5.56 Å². The number of likely N-dealkylation sites (tertiary alicyclic amines) is 2. The van der Waals surface area contributed by atoms with Crippen LogP contribution in [0.1, 0.15) is 41.7 Å². The van der Waals surface area contributed by atoms with E-state index in [0.717, 1.165) is 38.0 Å². The number of aromatic nitrogens is 1. The molecule has 1 spiro atoms. The molecule has 0 aliphatic carbocycles. The first-order chi connectivity index (χ1) is 12.4. The van der Waals surface area contributed by atoms with E-state index in [9.17, 15) is 14.4 Å². The van der Waals surface area contributed by atoms with E-state index in [-0.39, 0.29) is 28.4 Å². The summed E-state index contributed by atoms with van der Waals surface area (Å²) in [7, 11) is 1.67. The molecule has 2 aliphatic heterocycles. The van der Waals surface area contributed by atoms with Gasteiger partial charge in [0, 0.05) is 57.4 Å². The van der Waals surface area contributed by atoms with Crippen molar-refractivity contribution in [3.05, 3.63) is 33.7 Å². The Kier molecular flexibility index (Phi) is 5.46. The molecule has 0 aromatic carbocycles. The first-order valence-corrected chi connectivity index (χ1v) is 9.20. The van der Waals surface area contributed by atoms with Crippen LogP contribution in [-0.4, -0.2) is 66.5 Å². The molecule has 1 aromatic heterocycles. The number of amides is 2. The molecule has 142 valence electrons. The first-order valence-electron chi connectivity index (χ1n) is 9.20. The standard InChI is InChI=1S/C19H27N3O4/c1-14-4-5-15(17(24)20-14)18(25)21-9-6-19(7-10-21)12-16(23)22(13-19)8-3-11-26-2/h4-5H,3,6-13H2,1-2H3,(H,20,24). The lowest BCUT2D eigenvalue weighted by atomic mass is 9.77. The number of hydrogen-bond donors (Lipinski definition) is 1. The summed E-state index contributed by atoms with van der Waals surface area (Å²) in [5.74, 6) is -0.0155. The Morgan fingerprint density at radius 3 is 2.65 bits per heavy atom. The van der Waals surface area contributed by atoms with Gasteiger partial charge < -0.3 is 19.5 Å². The van der Waals surface area contributed by atoms with E-state index in [1.54, 1.807) is 31.1 Å². The Morgan fingerprint density at radius 2 is 2.00 bits per heavy atom. The Morgan fingerprint density at radius 1 is 1.27 bits per heavy atom. The molecule has 0 bridgehead atoms. The predicted molar refractivity (Wildman–Crippen MR) is 97.1 cm³/mol. The van der Waals surface area contributed by atoms with Gasteiger partial charge in [-0.3, -0.25) is 14.4 Å². The average Bonchev–Trinajstić information content (AvgIpc) is 2.90. The molecular formula is C19H27N3O4. The smallest absolute Gasteiger partial charge is 0.260 e. The zero-order chi connectivity index (χ0) is 18.7. The number of aromatic amines is 1. The lowest BCUT2D eigenvalue weighted by molar-refractivity contribution is -0.128. The van der Waals surface area contributed by atoms with Gasteiger partial charge >= 0.3 is 0 Å². The van der Waals surface area contributed by atoms with Crippen molar-refractivity contribution in [2.24, 2.45) is 5.41 Å². The summed E-state index contributed by atoms with van der Waals surface area (Å²) in [6.45, 7) is 5.12. The molecule has 3 rings (SSSR count). The number of H-pyrrole nitrogens is 1. The molecule has 7 nitrogen and oxygen atoms in total. The number of nitrogens with one attached hydrogen (secondary N) is 1. The Bertz CT molecular complexity index is 735. The number of methoxy groups -OCH3 is 1. The second-order valence-corrected chi connectivity index (χ2v) is 7.51. The van der Waals surface area contributed by atoms with Crippen LogP contribution < -0.4 is 5.56 Å². The van der Waals surface area contributed by atoms with E-state index in [4.69, 9.17) is 4.74 Å². The van der Waals surface area contributed by atoms with Gasteiger partial charge in [-0.15, -0.1) is 0 Å². The summed E-state index contributed by atoms with van der Waals surface area (Å²) < 4.78 is 5.06. The maximum atomic E-state index is 12.7. The predicted octanol–water partition coefficient (Wildman–Crippen LogP) is 1.17. The van der Waals surface area contributed by atoms with Gasteiger partial charge in [0.05, 0.1) is 0 Å². The molecule has 0 unspecified atom stereocenters. The van der Waals surface area contributed by atoms with E-state index in [1.807, 2.05) is 4.90 Å². The Labute approximate surface area is 153 Å². The van der Waals surface area contributed by atoms with Gasteiger partial charge in [0.2, 0.25) is 5.91 Å². The molecule has 2 fully saturated rings. The maximum Gasteiger partial charge on any atom is 0.260 e. The number of carbonyl (C=O) groups excluding carboxylic acids is 2. The van der Waals surface area contributed by atoms with E-state index < -0.39 is 0 Å². The summed E-state index contributed by atoms with van der Waals surface area (Å²) in [5.41, 5.74) is 0.564. The minimum atomic E-state index is -0.337. The number of pyridine rings is 1. The number of piperidine rings is 1. The van der Waals surface area contributed by atoms with Crippen LogP contribution in [0.25, 0.3) is 0 Å². The normalized spacial score (nSPS) is 19.4. The summed E-state index contributed by atoms with van der Waals surface area (Å²) in [6, 6.07) is 3.34. The monoisotopic (exact) mass is 361 g/mol. The molecular weight excluding hydrogens is 334 g/mol. The maximum absolute atomic E-state index is 12.7. The lowest BCUT2D eigenvalue weighted by Crippen LogP contribution is -2.45. The van der Waals surface area contributed by atoms with Gasteiger partial charge in [-0.25, -0.2) is 0 Å². The van der Waals surface area contributed by atoms with Crippen molar-refractivity contribution in [1.82, 2.24) is 14.8 Å². The molecule has 2 amide bonds. The van der Waals surface area contributed by atoms with Crippen molar-refractivity contribution >= 4 is 11.8 Å². The van der Waals surface area contributed by atoms with Crippen LogP contribution in [0.2, 0.25) is 0 Å². The van der Waals surface area contributed by atoms with Crippen molar-refractivity contribution in [3.63, 3.8) is 0 Å². The van der Waals surface area contributed by atoms with Crippen LogP contribution in [0.3, 0.4) is 0 Å². The number of ether oxygens (including phenoxy) is 1. The largest absolute Gasteiger partial charge is 0.385 e. The van der Waals surface area contributed by atoms with Gasteiger partial charge in [0.15, 0.2) is 0 Å². The quantitative estimate of drug-likeness (QED) is 0.798. The molecule has 0 saturated carbocycles. The van der Waals surface area contributed by atoms with Crippen molar-refractivity contribution < 1.29 is 14.3 Å². The average molecular weight is 361 g/mol. The summed E-state index contributed by atoms with van der Waals surface area (Å²) >= 11 is 0. The van der Waals surface area contributed by atoms with Crippen LogP contribution >= 0.6 is 0 Å². The highest BCUT2D eigenvalue weighted by atomic mass is 16.5. The Hall–Kier alpha value is -2.15. The van der Waals surface area contributed by atoms with Crippen molar-refractivity contribution in [3.8, 4) is 0 Å². The third-order valence-electron chi connectivity index (χ3n) is 5.58. The van der Waals surface area contributed by atoms with Crippen molar-refractivity contribution in [2.75, 3.05) is 39.9 Å². The molecule has 0 atom stereocenters. The molecule has 3 heterocycles. The molecule has 1 N–H and O–H groups in total. The number of nitrogens with zero attached hydrogens (tertiary/aromatic N) is 2. The zero-order valence-electron chi connectivity index (χ0n) is 15.5. The van der Waals surface area contributed by atoms with Gasteiger partial charge in [0.25, 0.3) is 11.5 Å². The van der Waals surface area contributed by atoms with Gasteiger partial charge in [-0.1, -0.05) is 0 Å². The van der Waals surface area contributed by atoms with Gasteiger partial charge in [-0.05, 0) is 38.3 Å². The van der Waals surface area contributed by atoms with Crippen LogP contribution in [0.15, 0.2) is 16.9 Å². The van der Waals surface area contributed by atoms with Crippen molar-refractivity contribution in [1.29, 1.82) is 0 Å². The van der Waals surface area contributed by atoms with E-state index in [1.165, 1.54) is 0 Å². The highest BCUT2D eigenvalue weighted by Crippen LogP contribution is 2.41. The Balaban J connectivity index is 1.59. The van der Waals surface area contributed by atoms with E-state index in [2.05, 4.69) is 4.98 Å². The number of rotatable bonds is 5. The molecule has 1 aromatic rings.